The maximum Gasteiger partial charge on any atom is 0.163 e. The van der Waals surface area contributed by atoms with E-state index in [1.165, 1.54) is 23.5 Å². The van der Waals surface area contributed by atoms with Crippen molar-refractivity contribution in [1.29, 1.82) is 0 Å². The van der Waals surface area contributed by atoms with Crippen molar-refractivity contribution < 1.29 is 9.50 Å². The Hall–Kier alpha value is -2.59. The summed E-state index contributed by atoms with van der Waals surface area (Å²) in [5.74, 6) is 0.265. The average molecular weight is 529 g/mol. The third kappa shape index (κ3) is 5.11. The Morgan fingerprint density at radius 1 is 1.31 bits per heavy atom. The summed E-state index contributed by atoms with van der Waals surface area (Å²) in [6.07, 6.45) is 6.12. The molecule has 3 unspecified atom stereocenters. The molecule has 1 fully saturated rings. The predicted octanol–water partition coefficient (Wildman–Crippen LogP) is 4.80. The highest BCUT2D eigenvalue weighted by molar-refractivity contribution is 7.11. The van der Waals surface area contributed by atoms with Crippen LogP contribution in [-0.2, 0) is 7.05 Å². The van der Waals surface area contributed by atoms with Crippen LogP contribution in [0, 0.1) is 5.82 Å². The van der Waals surface area contributed by atoms with E-state index < -0.39 is 11.9 Å². The van der Waals surface area contributed by atoms with E-state index in [0.717, 1.165) is 41.2 Å². The van der Waals surface area contributed by atoms with Crippen molar-refractivity contribution >= 4 is 34.3 Å². The number of aliphatic hydroxyl groups excluding tert-OH is 1. The Balaban J connectivity index is 1.65. The van der Waals surface area contributed by atoms with E-state index in [-0.39, 0.29) is 12.1 Å². The van der Waals surface area contributed by atoms with Gasteiger partial charge in [0.05, 0.1) is 11.8 Å². The Labute approximate surface area is 219 Å². The van der Waals surface area contributed by atoms with Crippen LogP contribution in [0.3, 0.4) is 0 Å². The van der Waals surface area contributed by atoms with E-state index in [1.807, 2.05) is 31.6 Å². The lowest BCUT2D eigenvalue weighted by Crippen LogP contribution is -2.42. The fourth-order valence-corrected chi connectivity index (χ4v) is 6.07. The van der Waals surface area contributed by atoms with Crippen LogP contribution in [0.2, 0.25) is 5.02 Å². The summed E-state index contributed by atoms with van der Waals surface area (Å²) in [6, 6.07) is 6.55. The molecule has 5 rings (SSSR count). The summed E-state index contributed by atoms with van der Waals surface area (Å²) in [5, 5.41) is 21.4. The van der Waals surface area contributed by atoms with E-state index in [4.69, 9.17) is 21.7 Å². The van der Waals surface area contributed by atoms with Crippen LogP contribution in [0.4, 0.5) is 4.39 Å². The number of aryl methyl sites for hydroxylation is 1. The van der Waals surface area contributed by atoms with Crippen LogP contribution in [0.1, 0.15) is 55.4 Å². The van der Waals surface area contributed by atoms with Crippen LogP contribution in [0.15, 0.2) is 52.7 Å². The summed E-state index contributed by atoms with van der Waals surface area (Å²) in [5.41, 5.74) is 3.36. The molecule has 1 saturated heterocycles. The molecule has 2 N–H and O–H groups in total. The molecule has 2 aliphatic heterocycles. The van der Waals surface area contributed by atoms with E-state index in [9.17, 15) is 9.50 Å². The van der Waals surface area contributed by atoms with Crippen LogP contribution in [0.5, 0.6) is 0 Å². The largest absolute Gasteiger partial charge is 0.393 e. The number of thiazole rings is 1. The molecule has 3 aromatic rings. The number of likely N-dealkylation sites (tertiary alicyclic amines) is 1. The van der Waals surface area contributed by atoms with Gasteiger partial charge in [0.25, 0.3) is 0 Å². The molecule has 0 amide bonds. The first-order valence-corrected chi connectivity index (χ1v) is 13.4. The highest BCUT2D eigenvalue weighted by Crippen LogP contribution is 2.41. The lowest BCUT2D eigenvalue weighted by atomic mass is 9.92. The zero-order valence-electron chi connectivity index (χ0n) is 20.5. The molecule has 2 aliphatic rings. The molecule has 0 radical (unpaired) electrons. The van der Waals surface area contributed by atoms with Gasteiger partial charge in [0.15, 0.2) is 10.8 Å². The number of aliphatic hydroxyl groups is 1. The van der Waals surface area contributed by atoms with Gasteiger partial charge in [-0.25, -0.2) is 9.37 Å². The summed E-state index contributed by atoms with van der Waals surface area (Å²) in [6.45, 7) is 4.71. The standard InChI is InChI=1S/C26H30ClFN6OS/c1-15-4-6-18(12-16(2)35)34(15)14-22-23(21-8-10-33(3)32-21)24(19-7-5-17(28)13-20(19)27)31-25(30-22)26-29-9-11-36-26/h5,7-11,13,15-16,18,24,35H,4,6,12,14H2,1-3H3,(H,30,31)/t15?,16?,18?,24-/m0/s1. The monoisotopic (exact) mass is 528 g/mol. The van der Waals surface area contributed by atoms with E-state index in [0.29, 0.717) is 29.0 Å². The third-order valence-corrected chi connectivity index (χ3v) is 8.02. The second-order valence-corrected chi connectivity index (χ2v) is 10.9. The molecule has 0 bridgehead atoms. The smallest absolute Gasteiger partial charge is 0.163 e. The van der Waals surface area contributed by atoms with Crippen molar-refractivity contribution in [3.8, 4) is 0 Å². The number of amidine groups is 1. The van der Waals surface area contributed by atoms with Crippen molar-refractivity contribution in [2.45, 2.75) is 57.3 Å². The van der Waals surface area contributed by atoms with E-state index in [1.54, 1.807) is 16.9 Å². The first-order valence-electron chi connectivity index (χ1n) is 12.2. The topological polar surface area (TPSA) is 78.6 Å². The number of nitrogens with zero attached hydrogens (tertiary/aromatic N) is 5. The molecule has 1 aromatic carbocycles. The van der Waals surface area contributed by atoms with Crippen LogP contribution in [-0.4, -0.2) is 55.3 Å². The third-order valence-electron chi connectivity index (χ3n) is 6.91. The normalized spacial score (nSPS) is 23.6. The van der Waals surface area contributed by atoms with Crippen molar-refractivity contribution in [3.63, 3.8) is 0 Å². The van der Waals surface area contributed by atoms with Gasteiger partial charge >= 0.3 is 0 Å². The Kier molecular flexibility index (Phi) is 7.25. The van der Waals surface area contributed by atoms with Gasteiger partial charge in [0.2, 0.25) is 0 Å². The predicted molar refractivity (Wildman–Crippen MR) is 142 cm³/mol. The molecule has 0 aliphatic carbocycles. The molecule has 190 valence electrons. The quantitative estimate of drug-likeness (QED) is 0.461. The molecule has 36 heavy (non-hydrogen) atoms. The molecule has 7 nitrogen and oxygen atoms in total. The minimum Gasteiger partial charge on any atom is -0.393 e. The lowest BCUT2D eigenvalue weighted by molar-refractivity contribution is 0.125. The average Bonchev–Trinajstić information content (AvgIpc) is 3.57. The first kappa shape index (κ1) is 25.1. The summed E-state index contributed by atoms with van der Waals surface area (Å²) < 4.78 is 15.7. The summed E-state index contributed by atoms with van der Waals surface area (Å²) in [7, 11) is 1.88. The molecular formula is C26H30ClFN6OS. The van der Waals surface area contributed by atoms with Crippen LogP contribution in [0.25, 0.3) is 5.57 Å². The zero-order chi connectivity index (χ0) is 25.4. The second-order valence-electron chi connectivity index (χ2n) is 9.61. The van der Waals surface area contributed by atoms with Gasteiger partial charge in [-0.3, -0.25) is 14.6 Å². The Morgan fingerprint density at radius 3 is 2.81 bits per heavy atom. The zero-order valence-corrected chi connectivity index (χ0v) is 22.1. The number of nitrogens with one attached hydrogen (secondary N) is 1. The molecule has 4 atom stereocenters. The van der Waals surface area contributed by atoms with Gasteiger partial charge in [0, 0.05) is 65.3 Å². The van der Waals surface area contributed by atoms with Gasteiger partial charge in [-0.05, 0) is 51.3 Å². The first-order chi connectivity index (χ1) is 17.3. The number of aliphatic imine (C=N–C) groups is 1. The summed E-state index contributed by atoms with van der Waals surface area (Å²) in [4.78, 5) is 12.0. The van der Waals surface area contributed by atoms with Crippen molar-refractivity contribution in [2.24, 2.45) is 12.0 Å². The van der Waals surface area contributed by atoms with Gasteiger partial charge in [-0.2, -0.15) is 5.10 Å². The number of hydrogen-bond donors (Lipinski definition) is 2. The Bertz CT molecular complexity index is 1290. The summed E-state index contributed by atoms with van der Waals surface area (Å²) >= 11 is 8.09. The number of rotatable bonds is 7. The minimum absolute atomic E-state index is 0.273. The van der Waals surface area contributed by atoms with Gasteiger partial charge in [-0.15, -0.1) is 11.3 Å². The van der Waals surface area contributed by atoms with E-state index in [2.05, 4.69) is 22.1 Å². The lowest BCUT2D eigenvalue weighted by Gasteiger charge is -2.34. The molecule has 0 saturated carbocycles. The van der Waals surface area contributed by atoms with Gasteiger partial charge < -0.3 is 10.4 Å². The highest BCUT2D eigenvalue weighted by Gasteiger charge is 2.36. The van der Waals surface area contributed by atoms with Crippen LogP contribution >= 0.6 is 22.9 Å². The SMILES string of the molecule is CC(O)CC1CCC(C)N1CC1=C(c2ccn(C)n2)[C@H](c2ccc(F)cc2Cl)N=C(c2nccs2)N1. The molecule has 0 spiro atoms. The van der Waals surface area contributed by atoms with Crippen molar-refractivity contribution in [1.82, 2.24) is 25.0 Å². The number of benzene rings is 1. The maximum absolute atomic E-state index is 14.0. The molecular weight excluding hydrogens is 499 g/mol. The second kappa shape index (κ2) is 10.4. The molecule has 2 aromatic heterocycles. The van der Waals surface area contributed by atoms with Gasteiger partial charge in [-0.1, -0.05) is 17.7 Å². The number of aromatic nitrogens is 3. The molecule has 10 heteroatoms. The van der Waals surface area contributed by atoms with Crippen LogP contribution < -0.4 is 5.32 Å². The minimum atomic E-state index is -0.490. The van der Waals surface area contributed by atoms with Crippen molar-refractivity contribution in [2.75, 3.05) is 6.54 Å². The van der Waals surface area contributed by atoms with E-state index >= 15 is 0 Å². The highest BCUT2D eigenvalue weighted by atomic mass is 35.5. The fraction of sp³-hybridized carbons (Fsp3) is 0.423. The number of halogens is 2. The molecule has 4 heterocycles. The fourth-order valence-electron chi connectivity index (χ4n) is 5.22. The Morgan fingerprint density at radius 2 is 2.14 bits per heavy atom. The maximum atomic E-state index is 14.0. The number of hydrogen-bond acceptors (Lipinski definition) is 7. The van der Waals surface area contributed by atoms with Gasteiger partial charge in [0.1, 0.15) is 11.9 Å². The van der Waals surface area contributed by atoms with Crippen molar-refractivity contribution in [3.05, 3.63) is 74.8 Å².